The molecule has 160 valence electrons. The number of ether oxygens (including phenoxy) is 1. The van der Waals surface area contributed by atoms with Crippen LogP contribution < -0.4 is 4.90 Å². The second-order valence-corrected chi connectivity index (χ2v) is 7.93. The summed E-state index contributed by atoms with van der Waals surface area (Å²) in [5.74, 6) is 0.520. The minimum atomic E-state index is -0.434. The number of hydrogen-bond donors (Lipinski definition) is 0. The zero-order valence-corrected chi connectivity index (χ0v) is 18.1. The summed E-state index contributed by atoms with van der Waals surface area (Å²) in [6.45, 7) is 8.53. The third-order valence-electron chi connectivity index (χ3n) is 5.84. The van der Waals surface area contributed by atoms with Gasteiger partial charge in [0.05, 0.1) is 30.5 Å². The first kappa shape index (κ1) is 20.8. The van der Waals surface area contributed by atoms with E-state index >= 15 is 0 Å². The summed E-state index contributed by atoms with van der Waals surface area (Å²) < 4.78 is 6.55. The van der Waals surface area contributed by atoms with Gasteiger partial charge in [0.15, 0.2) is 0 Å². The number of nitrogens with zero attached hydrogens (tertiary/aromatic N) is 6. The summed E-state index contributed by atoms with van der Waals surface area (Å²) >= 11 is 0. The number of anilines is 1. The van der Waals surface area contributed by atoms with Crippen molar-refractivity contribution in [3.05, 3.63) is 42.2 Å². The Hall–Kier alpha value is -3.44. The molecule has 1 saturated heterocycles. The normalized spacial score (nSPS) is 14.7. The monoisotopic (exact) mass is 418 g/mol. The Morgan fingerprint density at radius 1 is 1.16 bits per heavy atom. The van der Waals surface area contributed by atoms with Gasteiger partial charge in [-0.3, -0.25) is 9.58 Å². The van der Waals surface area contributed by atoms with Gasteiger partial charge in [0.1, 0.15) is 12.4 Å². The molecule has 0 spiro atoms. The average molecular weight is 419 g/mol. The van der Waals surface area contributed by atoms with Crippen LogP contribution in [0.2, 0.25) is 0 Å². The number of carbonyl (C=O) groups is 1. The molecule has 8 heteroatoms. The number of nitriles is 1. The van der Waals surface area contributed by atoms with Crippen LogP contribution in [0.4, 0.5) is 5.82 Å². The first-order valence-electron chi connectivity index (χ1n) is 10.4. The summed E-state index contributed by atoms with van der Waals surface area (Å²) in [5, 5.41) is 14.0. The number of piperazine rings is 1. The van der Waals surface area contributed by atoms with Crippen molar-refractivity contribution >= 4 is 22.7 Å². The zero-order valence-electron chi connectivity index (χ0n) is 18.1. The molecular formula is C23H26N6O2. The van der Waals surface area contributed by atoms with Gasteiger partial charge in [-0.1, -0.05) is 0 Å². The Morgan fingerprint density at radius 3 is 2.55 bits per heavy atom. The lowest BCUT2D eigenvalue weighted by molar-refractivity contribution is 0.0603. The minimum absolute atomic E-state index is 0.104. The average Bonchev–Trinajstić information content (AvgIpc) is 3.21. The molecule has 0 radical (unpaired) electrons. The lowest BCUT2D eigenvalue weighted by atomic mass is 10.0. The van der Waals surface area contributed by atoms with E-state index in [1.54, 1.807) is 16.9 Å². The molecule has 8 nitrogen and oxygen atoms in total. The second-order valence-electron chi connectivity index (χ2n) is 7.93. The number of esters is 1. The van der Waals surface area contributed by atoms with Gasteiger partial charge in [-0.2, -0.15) is 10.4 Å². The highest BCUT2D eigenvalue weighted by Gasteiger charge is 2.20. The quantitative estimate of drug-likeness (QED) is 0.589. The van der Waals surface area contributed by atoms with E-state index in [1.165, 1.54) is 7.11 Å². The molecular weight excluding hydrogens is 392 g/mol. The molecule has 2 aromatic heterocycles. The van der Waals surface area contributed by atoms with E-state index in [9.17, 15) is 4.79 Å². The van der Waals surface area contributed by atoms with Crippen molar-refractivity contribution in [1.82, 2.24) is 19.7 Å². The molecule has 1 aromatic carbocycles. The SMILES string of the molecule is COC(=O)c1cc(-c2ccc(N3CCN(C(C)C)CC3)nc2)cc2c1cnn2CC#N. The summed E-state index contributed by atoms with van der Waals surface area (Å²) in [6.07, 6.45) is 3.43. The van der Waals surface area contributed by atoms with Crippen molar-refractivity contribution in [1.29, 1.82) is 5.26 Å². The van der Waals surface area contributed by atoms with E-state index < -0.39 is 5.97 Å². The molecule has 1 aliphatic heterocycles. The number of aromatic nitrogens is 3. The van der Waals surface area contributed by atoms with Crippen molar-refractivity contribution < 1.29 is 9.53 Å². The van der Waals surface area contributed by atoms with Crippen molar-refractivity contribution in [2.75, 3.05) is 38.2 Å². The van der Waals surface area contributed by atoms with Crippen LogP contribution >= 0.6 is 0 Å². The summed E-state index contributed by atoms with van der Waals surface area (Å²) in [5.41, 5.74) is 2.86. The molecule has 0 bridgehead atoms. The van der Waals surface area contributed by atoms with Gasteiger partial charge in [0, 0.05) is 49.4 Å². The number of pyridine rings is 1. The highest BCUT2D eigenvalue weighted by Crippen LogP contribution is 2.29. The third kappa shape index (κ3) is 4.09. The molecule has 0 unspecified atom stereocenters. The van der Waals surface area contributed by atoms with Crippen LogP contribution in [0.1, 0.15) is 24.2 Å². The molecule has 4 rings (SSSR count). The topological polar surface area (TPSA) is 87.3 Å². The summed E-state index contributed by atoms with van der Waals surface area (Å²) in [6, 6.07) is 10.4. The van der Waals surface area contributed by atoms with Crippen LogP contribution in [-0.2, 0) is 11.3 Å². The van der Waals surface area contributed by atoms with Gasteiger partial charge >= 0.3 is 5.97 Å². The second kappa shape index (κ2) is 8.74. The van der Waals surface area contributed by atoms with Crippen molar-refractivity contribution in [3.63, 3.8) is 0 Å². The van der Waals surface area contributed by atoms with E-state index in [0.717, 1.165) is 43.1 Å². The van der Waals surface area contributed by atoms with E-state index in [4.69, 9.17) is 10.00 Å². The molecule has 0 atom stereocenters. The van der Waals surface area contributed by atoms with Crippen LogP contribution in [0.15, 0.2) is 36.7 Å². The predicted octanol–water partition coefficient (Wildman–Crippen LogP) is 2.94. The van der Waals surface area contributed by atoms with Crippen LogP contribution in [0.3, 0.4) is 0 Å². The fourth-order valence-electron chi connectivity index (χ4n) is 4.03. The van der Waals surface area contributed by atoms with Crippen molar-refractivity contribution in [2.45, 2.75) is 26.4 Å². The Bertz CT molecular complexity index is 1120. The van der Waals surface area contributed by atoms with Crippen LogP contribution in [0.25, 0.3) is 22.0 Å². The van der Waals surface area contributed by atoms with Crippen LogP contribution in [-0.4, -0.2) is 65.0 Å². The van der Waals surface area contributed by atoms with Gasteiger partial charge in [-0.05, 0) is 43.7 Å². The maximum absolute atomic E-state index is 12.4. The summed E-state index contributed by atoms with van der Waals surface area (Å²) in [4.78, 5) is 21.8. The van der Waals surface area contributed by atoms with Gasteiger partial charge in [-0.25, -0.2) is 9.78 Å². The first-order chi connectivity index (χ1) is 15.0. The number of carbonyl (C=O) groups excluding carboxylic acids is 1. The maximum Gasteiger partial charge on any atom is 0.338 e. The van der Waals surface area contributed by atoms with Gasteiger partial charge in [0.25, 0.3) is 0 Å². The molecule has 0 saturated carbocycles. The number of methoxy groups -OCH3 is 1. The van der Waals surface area contributed by atoms with Crippen LogP contribution in [0, 0.1) is 11.3 Å². The first-order valence-corrected chi connectivity index (χ1v) is 10.4. The number of hydrogen-bond acceptors (Lipinski definition) is 7. The lowest BCUT2D eigenvalue weighted by Gasteiger charge is -2.37. The highest BCUT2D eigenvalue weighted by molar-refractivity contribution is 6.05. The molecule has 0 aliphatic carbocycles. The fourth-order valence-corrected chi connectivity index (χ4v) is 4.03. The fraction of sp³-hybridized carbons (Fsp3) is 0.391. The largest absolute Gasteiger partial charge is 0.465 e. The van der Waals surface area contributed by atoms with Crippen molar-refractivity contribution in [3.8, 4) is 17.2 Å². The smallest absolute Gasteiger partial charge is 0.338 e. The van der Waals surface area contributed by atoms with Gasteiger partial charge in [0.2, 0.25) is 0 Å². The van der Waals surface area contributed by atoms with Gasteiger partial charge in [-0.15, -0.1) is 0 Å². The number of rotatable bonds is 5. The minimum Gasteiger partial charge on any atom is -0.465 e. The zero-order chi connectivity index (χ0) is 22.0. The van der Waals surface area contributed by atoms with E-state index in [0.29, 0.717) is 22.5 Å². The Balaban J connectivity index is 1.65. The highest BCUT2D eigenvalue weighted by atomic mass is 16.5. The molecule has 3 heterocycles. The molecule has 0 N–H and O–H groups in total. The Labute approximate surface area is 181 Å². The molecule has 31 heavy (non-hydrogen) atoms. The van der Waals surface area contributed by atoms with Gasteiger partial charge < -0.3 is 9.64 Å². The van der Waals surface area contributed by atoms with E-state index in [1.807, 2.05) is 24.4 Å². The van der Waals surface area contributed by atoms with Crippen molar-refractivity contribution in [2.24, 2.45) is 0 Å². The van der Waals surface area contributed by atoms with E-state index in [-0.39, 0.29) is 6.54 Å². The maximum atomic E-state index is 12.4. The predicted molar refractivity (Wildman–Crippen MR) is 119 cm³/mol. The Kier molecular flexibility index (Phi) is 5.87. The molecule has 1 aliphatic rings. The molecule has 0 amide bonds. The Morgan fingerprint density at radius 2 is 1.94 bits per heavy atom. The molecule has 3 aromatic rings. The molecule has 1 fully saturated rings. The standard InChI is InChI=1S/C23H26N6O2/c1-16(2)27-8-10-28(11-9-27)22-5-4-17(14-25-22)18-12-19(23(30)31-3)20-15-26-29(7-6-24)21(20)13-18/h4-5,12-16H,7-11H2,1-3H3. The van der Waals surface area contributed by atoms with E-state index in [2.05, 4.69) is 39.8 Å². The number of benzene rings is 1. The van der Waals surface area contributed by atoms with Crippen LogP contribution in [0.5, 0.6) is 0 Å². The third-order valence-corrected chi connectivity index (χ3v) is 5.84. The lowest BCUT2D eigenvalue weighted by Crippen LogP contribution is -2.49. The number of fused-ring (bicyclic) bond motifs is 1. The summed E-state index contributed by atoms with van der Waals surface area (Å²) in [7, 11) is 1.36.